The average Bonchev–Trinajstić information content (AvgIpc) is 2.17. The summed E-state index contributed by atoms with van der Waals surface area (Å²) in [6.07, 6.45) is 0. The molecule has 0 N–H and O–H groups in total. The van der Waals surface area contributed by atoms with Gasteiger partial charge in [-0.25, -0.2) is 0 Å². The van der Waals surface area contributed by atoms with Crippen LogP contribution in [0.5, 0.6) is 0 Å². The monoisotopic (exact) mass is 296 g/mol. The second kappa shape index (κ2) is 5.91. The molecule has 0 saturated heterocycles. The molecule has 0 aliphatic heterocycles. The van der Waals surface area contributed by atoms with E-state index in [1.54, 1.807) is 0 Å². The Morgan fingerprint density at radius 3 is 2.31 bits per heavy atom. The highest BCUT2D eigenvalue weighted by Crippen LogP contribution is 2.36. The molecule has 0 aliphatic carbocycles. The Balaban J connectivity index is 2.84. The molecule has 0 aromatic heterocycles. The normalized spacial score (nSPS) is 13.2. The van der Waals surface area contributed by atoms with Crippen LogP contribution in [0.2, 0.25) is 0 Å². The van der Waals surface area contributed by atoms with E-state index in [2.05, 4.69) is 0 Å². The van der Waals surface area contributed by atoms with Crippen LogP contribution in [0.15, 0.2) is 30.3 Å². The molecule has 0 saturated carbocycles. The number of ether oxygens (including phenoxy) is 1. The van der Waals surface area contributed by atoms with Crippen LogP contribution in [-0.2, 0) is 9.53 Å². The van der Waals surface area contributed by atoms with Crippen LogP contribution < -0.4 is 0 Å². The first kappa shape index (κ1) is 13.8. The summed E-state index contributed by atoms with van der Waals surface area (Å²) in [5.41, 5.74) is 0.554. The molecule has 0 radical (unpaired) electrons. The number of rotatable bonds is 4. The average molecular weight is 298 g/mol. The molecule has 0 bridgehead atoms. The van der Waals surface area contributed by atoms with Crippen LogP contribution in [0, 0.1) is 0 Å². The van der Waals surface area contributed by atoms with Crippen molar-refractivity contribution in [2.45, 2.75) is 12.5 Å². The van der Waals surface area contributed by atoms with Gasteiger partial charge in [-0.1, -0.05) is 30.3 Å². The second-order valence-corrected chi connectivity index (χ2v) is 12.2. The highest BCUT2D eigenvalue weighted by atomic mass is 35.8. The van der Waals surface area contributed by atoms with Crippen molar-refractivity contribution in [2.24, 2.45) is 0 Å². The number of carbonyl (C=O) groups is 1. The molecule has 1 unspecified atom stereocenters. The maximum Gasteiger partial charge on any atom is 0.351 e. The number of halogens is 3. The fraction of sp³-hybridized carbons (Fsp3) is 0.300. The number of hydrogen-bond donors (Lipinski definition) is 0. The maximum atomic E-state index is 10.8. The van der Waals surface area contributed by atoms with E-state index in [-0.39, 0.29) is 18.1 Å². The van der Waals surface area contributed by atoms with Gasteiger partial charge < -0.3 is 4.74 Å². The Hall–Kier alpha value is -0.223. The summed E-state index contributed by atoms with van der Waals surface area (Å²) in [5.74, 6) is -0.371. The lowest BCUT2D eigenvalue weighted by atomic mass is 10.1. The van der Waals surface area contributed by atoms with E-state index in [1.807, 2.05) is 30.3 Å². The largest absolute Gasteiger partial charge is 0.465 e. The molecule has 6 heteroatoms. The summed E-state index contributed by atoms with van der Waals surface area (Å²) < 4.78 is 4.93. The minimum Gasteiger partial charge on any atom is -0.465 e. The van der Waals surface area contributed by atoms with E-state index in [0.29, 0.717) is 0 Å². The van der Waals surface area contributed by atoms with Crippen LogP contribution in [0.3, 0.4) is 0 Å². The molecule has 16 heavy (non-hydrogen) atoms. The van der Waals surface area contributed by atoms with Crippen molar-refractivity contribution in [3.63, 3.8) is 0 Å². The summed E-state index contributed by atoms with van der Waals surface area (Å²) in [5, 5.41) is 0. The standard InChI is InChI=1S/C10H11Cl3O2Si/c1-8(14)15-7-10(16(11,12)13)9-5-3-2-4-6-9/h2-6,10H,7H2,1H3. The van der Waals surface area contributed by atoms with Crippen molar-refractivity contribution in [2.75, 3.05) is 6.61 Å². The van der Waals surface area contributed by atoms with E-state index in [0.717, 1.165) is 5.56 Å². The van der Waals surface area contributed by atoms with E-state index in [1.165, 1.54) is 6.92 Å². The van der Waals surface area contributed by atoms with E-state index < -0.39 is 6.00 Å². The van der Waals surface area contributed by atoms with Crippen LogP contribution in [0.1, 0.15) is 18.0 Å². The maximum absolute atomic E-state index is 10.8. The number of hydrogen-bond acceptors (Lipinski definition) is 2. The number of benzene rings is 1. The first-order valence-corrected chi connectivity index (χ1v) is 9.77. The number of esters is 1. The topological polar surface area (TPSA) is 26.3 Å². The van der Waals surface area contributed by atoms with Gasteiger partial charge in [-0.2, -0.15) is 0 Å². The second-order valence-electron chi connectivity index (χ2n) is 3.31. The van der Waals surface area contributed by atoms with Gasteiger partial charge in [0.05, 0.1) is 12.1 Å². The molecule has 1 aromatic rings. The van der Waals surface area contributed by atoms with Gasteiger partial charge in [-0.3, -0.25) is 4.79 Å². The third kappa shape index (κ3) is 4.34. The predicted octanol–water partition coefficient (Wildman–Crippen LogP) is 3.53. The third-order valence-corrected chi connectivity index (χ3v) is 5.71. The first-order chi connectivity index (χ1) is 7.41. The van der Waals surface area contributed by atoms with Crippen LogP contribution in [0.25, 0.3) is 0 Å². The molecule has 0 fully saturated rings. The smallest absolute Gasteiger partial charge is 0.351 e. The molecule has 88 valence electrons. The van der Waals surface area contributed by atoms with E-state index in [9.17, 15) is 4.79 Å². The molecule has 1 aromatic carbocycles. The summed E-state index contributed by atoms with van der Waals surface area (Å²) in [6.45, 7) is 1.45. The highest BCUT2D eigenvalue weighted by molar-refractivity contribution is 7.65. The molecule has 0 amide bonds. The fourth-order valence-electron chi connectivity index (χ4n) is 1.27. The minimum absolute atomic E-state index is 0.113. The Morgan fingerprint density at radius 1 is 1.31 bits per heavy atom. The van der Waals surface area contributed by atoms with Gasteiger partial charge in [0.25, 0.3) is 0 Å². The van der Waals surface area contributed by atoms with Crippen molar-refractivity contribution in [1.82, 2.24) is 0 Å². The third-order valence-electron chi connectivity index (χ3n) is 2.05. The SMILES string of the molecule is CC(=O)OCC(c1ccccc1)[Si](Cl)(Cl)Cl. The zero-order valence-corrected chi connectivity index (χ0v) is 11.9. The molecule has 0 aliphatic rings. The molecule has 1 rings (SSSR count). The minimum atomic E-state index is -2.95. The lowest BCUT2D eigenvalue weighted by Gasteiger charge is -2.21. The van der Waals surface area contributed by atoms with Crippen LogP contribution >= 0.6 is 33.2 Å². The fourth-order valence-corrected chi connectivity index (χ4v) is 3.81. The molecule has 0 heterocycles. The highest BCUT2D eigenvalue weighted by Gasteiger charge is 2.38. The van der Waals surface area contributed by atoms with Crippen molar-refractivity contribution in [3.8, 4) is 0 Å². The summed E-state index contributed by atoms with van der Waals surface area (Å²) in [4.78, 5) is 10.8. The molecular formula is C10H11Cl3O2Si. The van der Waals surface area contributed by atoms with E-state index >= 15 is 0 Å². The van der Waals surface area contributed by atoms with Gasteiger partial charge in [0.2, 0.25) is 0 Å². The van der Waals surface area contributed by atoms with Crippen molar-refractivity contribution in [3.05, 3.63) is 35.9 Å². The Kier molecular flexibility index (Phi) is 5.12. The predicted molar refractivity (Wildman–Crippen MR) is 69.1 cm³/mol. The van der Waals surface area contributed by atoms with Crippen LogP contribution in [-0.4, -0.2) is 18.6 Å². The molecule has 1 atom stereocenters. The summed E-state index contributed by atoms with van der Waals surface area (Å²) in [7, 11) is 0. The van der Waals surface area contributed by atoms with Gasteiger partial charge >= 0.3 is 12.0 Å². The summed E-state index contributed by atoms with van der Waals surface area (Å²) >= 11 is 18.0. The quantitative estimate of drug-likeness (QED) is 0.483. The summed E-state index contributed by atoms with van der Waals surface area (Å²) in [6, 6.07) is 6.38. The first-order valence-electron chi connectivity index (χ1n) is 4.66. The van der Waals surface area contributed by atoms with Crippen LogP contribution in [0.4, 0.5) is 0 Å². The molecular weight excluding hydrogens is 287 g/mol. The van der Waals surface area contributed by atoms with Gasteiger partial charge in [-0.15, -0.1) is 33.2 Å². The Morgan fingerprint density at radius 2 is 1.88 bits per heavy atom. The van der Waals surface area contributed by atoms with Gasteiger partial charge in [0.1, 0.15) is 0 Å². The lowest BCUT2D eigenvalue weighted by Crippen LogP contribution is -2.28. The number of carbonyl (C=O) groups excluding carboxylic acids is 1. The van der Waals surface area contributed by atoms with Gasteiger partial charge in [0, 0.05) is 6.92 Å². The van der Waals surface area contributed by atoms with Gasteiger partial charge in [-0.05, 0) is 5.56 Å². The molecule has 2 nitrogen and oxygen atoms in total. The lowest BCUT2D eigenvalue weighted by molar-refractivity contribution is -0.140. The Labute approximate surface area is 110 Å². The van der Waals surface area contributed by atoms with Crippen molar-refractivity contribution >= 4 is 45.2 Å². The zero-order chi connectivity index (χ0) is 12.2. The van der Waals surface area contributed by atoms with Crippen molar-refractivity contribution in [1.29, 1.82) is 0 Å². The van der Waals surface area contributed by atoms with E-state index in [4.69, 9.17) is 38.0 Å². The van der Waals surface area contributed by atoms with Crippen molar-refractivity contribution < 1.29 is 9.53 Å². The molecule has 0 spiro atoms. The van der Waals surface area contributed by atoms with Gasteiger partial charge in [0.15, 0.2) is 0 Å². The zero-order valence-electron chi connectivity index (χ0n) is 8.62. The Bertz CT molecular complexity index is 351.